The normalized spacial score (nSPS) is 29.4. The van der Waals surface area contributed by atoms with Crippen molar-refractivity contribution in [1.29, 1.82) is 0 Å². The summed E-state index contributed by atoms with van der Waals surface area (Å²) in [5.74, 6) is 0.326. The average molecular weight is 497 g/mol. The third-order valence-electron chi connectivity index (χ3n) is 6.47. The van der Waals surface area contributed by atoms with E-state index in [9.17, 15) is 22.4 Å². The smallest absolute Gasteiger partial charge is 0.441 e. The van der Waals surface area contributed by atoms with E-state index >= 15 is 0 Å². The lowest BCUT2D eigenvalue weighted by Gasteiger charge is -2.61. The van der Waals surface area contributed by atoms with E-state index in [0.29, 0.717) is 5.92 Å². The van der Waals surface area contributed by atoms with Crippen LogP contribution >= 0.6 is 0 Å². The predicted molar refractivity (Wildman–Crippen MR) is 109 cm³/mol. The molecule has 1 saturated heterocycles. The van der Waals surface area contributed by atoms with E-state index in [1.54, 1.807) is 0 Å². The van der Waals surface area contributed by atoms with Crippen molar-refractivity contribution in [2.75, 3.05) is 11.9 Å². The van der Waals surface area contributed by atoms with Crippen LogP contribution in [0.4, 0.5) is 34.1 Å². The molecule has 2 bridgehead atoms. The number of carbonyl (C=O) groups is 1. The topological polar surface area (TPSA) is 128 Å². The predicted octanol–water partition coefficient (Wildman–Crippen LogP) is 3.15. The minimum atomic E-state index is -4.89. The maximum Gasteiger partial charge on any atom is 0.574 e. The second-order valence-corrected chi connectivity index (χ2v) is 8.98. The number of nitrogens with one attached hydrogen (secondary N) is 3. The number of ether oxygens (including phenoxy) is 3. The van der Waals surface area contributed by atoms with Crippen LogP contribution in [-0.4, -0.2) is 61.4 Å². The number of H-pyrrole nitrogens is 1. The van der Waals surface area contributed by atoms with Gasteiger partial charge >= 0.3 is 12.5 Å². The second-order valence-electron chi connectivity index (χ2n) is 8.98. The molecule has 0 radical (unpaired) electrons. The third-order valence-corrected chi connectivity index (χ3v) is 6.47. The second kappa shape index (κ2) is 7.69. The molecule has 35 heavy (non-hydrogen) atoms. The summed E-state index contributed by atoms with van der Waals surface area (Å²) >= 11 is 0. The molecule has 4 heterocycles. The van der Waals surface area contributed by atoms with Gasteiger partial charge < -0.3 is 24.8 Å². The summed E-state index contributed by atoms with van der Waals surface area (Å²) in [5, 5.41) is 12.3. The van der Waals surface area contributed by atoms with Gasteiger partial charge in [0.1, 0.15) is 11.8 Å². The van der Waals surface area contributed by atoms with E-state index in [0.717, 1.165) is 25.5 Å². The molecule has 1 aliphatic heterocycles. The van der Waals surface area contributed by atoms with Gasteiger partial charge in [0.15, 0.2) is 18.1 Å². The molecule has 3 atom stereocenters. The van der Waals surface area contributed by atoms with Crippen molar-refractivity contribution < 1.29 is 36.6 Å². The first-order valence-corrected chi connectivity index (χ1v) is 10.8. The Morgan fingerprint density at radius 1 is 1.31 bits per heavy atom. The van der Waals surface area contributed by atoms with E-state index in [1.165, 1.54) is 22.7 Å². The zero-order valence-corrected chi connectivity index (χ0v) is 17.9. The van der Waals surface area contributed by atoms with E-state index in [2.05, 4.69) is 35.5 Å². The third kappa shape index (κ3) is 4.09. The van der Waals surface area contributed by atoms with Crippen molar-refractivity contribution in [1.82, 2.24) is 29.9 Å². The quantitative estimate of drug-likeness (QED) is 0.444. The van der Waals surface area contributed by atoms with Crippen LogP contribution in [-0.2, 0) is 9.47 Å². The van der Waals surface area contributed by atoms with E-state index in [1.807, 2.05) is 0 Å². The molecule has 4 fully saturated rings. The lowest BCUT2D eigenvalue weighted by Crippen LogP contribution is -2.68. The van der Waals surface area contributed by atoms with E-state index in [4.69, 9.17) is 9.47 Å². The number of alkyl carbamates (subject to hydrolysis) is 1. The van der Waals surface area contributed by atoms with Crippen LogP contribution in [0.2, 0.25) is 0 Å². The number of imidazole rings is 1. The number of alkyl halides is 4. The summed E-state index contributed by atoms with van der Waals surface area (Å²) < 4.78 is 68.3. The Kier molecular flexibility index (Phi) is 4.81. The Morgan fingerprint density at radius 3 is 2.83 bits per heavy atom. The van der Waals surface area contributed by atoms with Crippen molar-refractivity contribution in [3.63, 3.8) is 0 Å². The summed E-state index contributed by atoms with van der Waals surface area (Å²) in [7, 11) is 0. The zero-order chi connectivity index (χ0) is 24.4. The van der Waals surface area contributed by atoms with Crippen molar-refractivity contribution >= 4 is 23.5 Å². The first-order valence-electron chi connectivity index (χ1n) is 10.8. The van der Waals surface area contributed by atoms with Crippen molar-refractivity contribution in [2.24, 2.45) is 5.92 Å². The summed E-state index contributed by atoms with van der Waals surface area (Å²) in [4.78, 5) is 20.0. The standard InChI is InChI=1S/C20H19F4N7O4/c21-15-11(34-18(32)28-19-4-9(5-19)6-19)8-33-16(15)10-3-12(30-29-10)26-17-25-2-1-13-27-14(7-31(13)17)35-20(22,23)24/h1-3,7,9,11,15-16H,4-6,8H2,(H,28,32)(H2,25,26,29,30)/t9?,11-,15+,16-,19?/m0/s1. The number of fused-ring (bicyclic) bond motifs is 1. The van der Waals surface area contributed by atoms with Gasteiger partial charge in [-0.15, -0.1) is 13.2 Å². The van der Waals surface area contributed by atoms with Crippen LogP contribution in [0.3, 0.4) is 0 Å². The number of anilines is 2. The van der Waals surface area contributed by atoms with Gasteiger partial charge in [-0.2, -0.15) is 10.1 Å². The molecule has 0 spiro atoms. The molecule has 1 amide bonds. The van der Waals surface area contributed by atoms with Gasteiger partial charge in [-0.05, 0) is 31.2 Å². The van der Waals surface area contributed by atoms with Crippen molar-refractivity contribution in [3.05, 3.63) is 30.2 Å². The Balaban J connectivity index is 1.11. The largest absolute Gasteiger partial charge is 0.574 e. The van der Waals surface area contributed by atoms with E-state index < -0.39 is 36.7 Å². The molecular weight excluding hydrogens is 478 g/mol. The molecule has 3 aromatic heterocycles. The van der Waals surface area contributed by atoms with Gasteiger partial charge in [-0.25, -0.2) is 14.2 Å². The molecular formula is C20H19F4N7O4. The Hall–Kier alpha value is -3.62. The Morgan fingerprint density at radius 2 is 2.11 bits per heavy atom. The number of aromatic amines is 1. The number of hydrogen-bond acceptors (Lipinski definition) is 8. The number of aromatic nitrogens is 5. The number of carbonyl (C=O) groups excluding carboxylic acids is 1. The van der Waals surface area contributed by atoms with Gasteiger partial charge in [0.25, 0.3) is 0 Å². The summed E-state index contributed by atoms with van der Waals surface area (Å²) in [6, 6.07) is 2.86. The fraction of sp³-hybridized carbons (Fsp3) is 0.500. The number of amides is 1. The summed E-state index contributed by atoms with van der Waals surface area (Å²) in [6.07, 6.45) is -4.11. The molecule has 7 rings (SSSR count). The van der Waals surface area contributed by atoms with Crippen LogP contribution in [0.15, 0.2) is 24.5 Å². The fourth-order valence-electron chi connectivity index (χ4n) is 4.77. The van der Waals surface area contributed by atoms with Crippen LogP contribution < -0.4 is 15.4 Å². The zero-order valence-electron chi connectivity index (χ0n) is 17.9. The molecule has 3 aliphatic carbocycles. The number of hydrogen-bond donors (Lipinski definition) is 3. The molecule has 11 nitrogen and oxygen atoms in total. The molecule has 186 valence electrons. The first-order chi connectivity index (χ1) is 16.7. The van der Waals surface area contributed by atoms with E-state index in [-0.39, 0.29) is 35.3 Å². The summed E-state index contributed by atoms with van der Waals surface area (Å²) in [5.41, 5.74) is 0.254. The highest BCUT2D eigenvalue weighted by Gasteiger charge is 2.58. The SMILES string of the molecule is O=C(NC12CC(C1)C2)O[C@H]1CO[C@@H](c2cc(Nc3nccc4nc(OC(F)(F)F)cn34)n[nH]2)[C@@H]1F. The molecule has 3 aromatic rings. The first kappa shape index (κ1) is 21.9. The molecule has 0 unspecified atom stereocenters. The minimum absolute atomic E-state index is 0.0979. The number of halogens is 4. The minimum Gasteiger partial charge on any atom is -0.441 e. The Labute approximate surface area is 194 Å². The highest BCUT2D eigenvalue weighted by Crippen LogP contribution is 2.57. The molecule has 3 N–H and O–H groups in total. The molecule has 3 saturated carbocycles. The fourth-order valence-corrected chi connectivity index (χ4v) is 4.77. The number of rotatable bonds is 6. The summed E-state index contributed by atoms with van der Waals surface area (Å²) in [6.45, 7) is -0.117. The van der Waals surface area contributed by atoms with Gasteiger partial charge in [0, 0.05) is 17.8 Å². The number of nitrogens with zero attached hydrogens (tertiary/aromatic N) is 4. The van der Waals surface area contributed by atoms with Gasteiger partial charge in [-0.1, -0.05) is 0 Å². The van der Waals surface area contributed by atoms with Gasteiger partial charge in [0.05, 0.1) is 18.5 Å². The lowest BCUT2D eigenvalue weighted by molar-refractivity contribution is -0.276. The van der Waals surface area contributed by atoms with Gasteiger partial charge in [0.2, 0.25) is 11.8 Å². The van der Waals surface area contributed by atoms with Crippen molar-refractivity contribution in [3.8, 4) is 5.88 Å². The molecule has 4 aliphatic rings. The monoisotopic (exact) mass is 497 g/mol. The lowest BCUT2D eigenvalue weighted by atomic mass is 9.50. The average Bonchev–Trinajstić information content (AvgIpc) is 3.42. The van der Waals surface area contributed by atoms with Gasteiger partial charge in [-0.3, -0.25) is 9.50 Å². The highest BCUT2D eigenvalue weighted by molar-refractivity contribution is 5.69. The maximum atomic E-state index is 15.0. The molecule has 15 heteroatoms. The highest BCUT2D eigenvalue weighted by atomic mass is 19.4. The maximum absolute atomic E-state index is 15.0. The molecule has 0 aromatic carbocycles. The van der Waals surface area contributed by atoms with Crippen molar-refractivity contribution in [2.45, 2.75) is 49.5 Å². The van der Waals surface area contributed by atoms with Crippen LogP contribution in [0.5, 0.6) is 5.88 Å². The Bertz CT molecular complexity index is 1260. The van der Waals surface area contributed by atoms with Crippen LogP contribution in [0.1, 0.15) is 31.1 Å². The van der Waals surface area contributed by atoms with Crippen LogP contribution in [0.25, 0.3) is 5.65 Å². The van der Waals surface area contributed by atoms with Crippen LogP contribution in [0, 0.1) is 5.92 Å².